The van der Waals surface area contributed by atoms with Gasteiger partial charge in [0.2, 0.25) is 0 Å². The molecule has 4 aromatic rings. The highest BCUT2D eigenvalue weighted by Gasteiger charge is 2.18. The number of pyridine rings is 1. The first-order chi connectivity index (χ1) is 14.7. The number of nitrogens with zero attached hydrogens (tertiary/aromatic N) is 3. The number of benzene rings is 3. The summed E-state index contributed by atoms with van der Waals surface area (Å²) in [6.45, 7) is 0.283. The van der Waals surface area contributed by atoms with Crippen molar-refractivity contribution in [3.8, 4) is 23.3 Å². The van der Waals surface area contributed by atoms with Gasteiger partial charge in [-0.1, -0.05) is 30.3 Å². The van der Waals surface area contributed by atoms with Crippen LogP contribution in [0, 0.1) is 21.4 Å². The molecule has 0 aliphatic carbocycles. The molecule has 0 fully saturated rings. The predicted molar refractivity (Wildman–Crippen MR) is 110 cm³/mol. The van der Waals surface area contributed by atoms with Crippen LogP contribution in [-0.2, 0) is 6.61 Å². The highest BCUT2D eigenvalue weighted by atomic mass is 16.6. The number of non-ortho nitro benzene ring substituents is 1. The molecule has 1 aromatic heterocycles. The molecule has 0 amide bonds. The summed E-state index contributed by atoms with van der Waals surface area (Å²) >= 11 is 0. The molecule has 0 unspecified atom stereocenters. The molecule has 0 aliphatic heterocycles. The van der Waals surface area contributed by atoms with Crippen molar-refractivity contribution in [2.75, 3.05) is 0 Å². The van der Waals surface area contributed by atoms with Crippen LogP contribution >= 0.6 is 0 Å². The van der Waals surface area contributed by atoms with Crippen molar-refractivity contribution in [1.82, 2.24) is 4.98 Å². The van der Waals surface area contributed by atoms with E-state index in [9.17, 15) is 15.4 Å². The van der Waals surface area contributed by atoms with Crippen LogP contribution < -0.4 is 9.47 Å². The van der Waals surface area contributed by atoms with E-state index in [1.807, 2.05) is 30.3 Å². The zero-order chi connectivity index (χ0) is 20.9. The number of ether oxygens (including phenoxy) is 2. The third kappa shape index (κ3) is 3.88. The molecule has 4 rings (SSSR count). The van der Waals surface area contributed by atoms with Crippen molar-refractivity contribution in [3.05, 3.63) is 100 Å². The molecule has 0 bridgehead atoms. The smallest absolute Gasteiger partial charge is 0.269 e. The Morgan fingerprint density at radius 1 is 1.03 bits per heavy atom. The zero-order valence-corrected chi connectivity index (χ0v) is 15.7. The maximum atomic E-state index is 10.9. The van der Waals surface area contributed by atoms with Gasteiger partial charge >= 0.3 is 0 Å². The molecule has 30 heavy (non-hydrogen) atoms. The minimum absolute atomic E-state index is 0.0469. The van der Waals surface area contributed by atoms with Gasteiger partial charge in [-0.15, -0.1) is 0 Å². The predicted octanol–water partition coefficient (Wildman–Crippen LogP) is 5.39. The maximum absolute atomic E-state index is 10.9. The molecule has 146 valence electrons. The largest absolute Gasteiger partial charge is 0.487 e. The summed E-state index contributed by atoms with van der Waals surface area (Å²) in [7, 11) is 0. The van der Waals surface area contributed by atoms with Crippen LogP contribution in [0.15, 0.2) is 79.0 Å². The normalized spacial score (nSPS) is 10.4. The van der Waals surface area contributed by atoms with Gasteiger partial charge in [-0.2, -0.15) is 5.26 Å². The Morgan fingerprint density at radius 2 is 1.80 bits per heavy atom. The SMILES string of the molecule is N#Cc1c(OCc2ccccc2)cc2ncccc2c1Oc1ccc([N+](=O)[O-])cc1. The number of nitro groups is 1. The van der Waals surface area contributed by atoms with Crippen molar-refractivity contribution in [1.29, 1.82) is 5.26 Å². The fraction of sp³-hybridized carbons (Fsp3) is 0.0435. The van der Waals surface area contributed by atoms with Gasteiger partial charge in [0.25, 0.3) is 5.69 Å². The lowest BCUT2D eigenvalue weighted by Gasteiger charge is -2.15. The van der Waals surface area contributed by atoms with E-state index in [0.717, 1.165) is 5.56 Å². The third-order valence-electron chi connectivity index (χ3n) is 4.44. The Balaban J connectivity index is 1.75. The standard InChI is InChI=1S/C23H15N3O4/c24-14-20-22(29-15-16-5-2-1-3-6-16)13-21-19(7-4-12-25-21)23(20)30-18-10-8-17(9-11-18)26(27)28/h1-13H,15H2. The number of nitro benzene ring substituents is 1. The maximum Gasteiger partial charge on any atom is 0.269 e. The Kier molecular flexibility index (Phi) is 5.22. The van der Waals surface area contributed by atoms with E-state index < -0.39 is 4.92 Å². The second-order valence-electron chi connectivity index (χ2n) is 6.39. The van der Waals surface area contributed by atoms with E-state index in [4.69, 9.17) is 9.47 Å². The van der Waals surface area contributed by atoms with Crippen molar-refractivity contribution in [2.45, 2.75) is 6.61 Å². The molecule has 3 aromatic carbocycles. The average Bonchev–Trinajstić information content (AvgIpc) is 2.78. The Morgan fingerprint density at radius 3 is 2.50 bits per heavy atom. The molecule has 0 radical (unpaired) electrons. The summed E-state index contributed by atoms with van der Waals surface area (Å²) in [6, 6.07) is 22.7. The molecule has 0 spiro atoms. The molecular formula is C23H15N3O4. The molecule has 0 N–H and O–H groups in total. The summed E-state index contributed by atoms with van der Waals surface area (Å²) in [4.78, 5) is 14.7. The number of nitriles is 1. The number of hydrogen-bond acceptors (Lipinski definition) is 6. The van der Waals surface area contributed by atoms with E-state index in [1.54, 1.807) is 24.4 Å². The minimum atomic E-state index is -0.484. The van der Waals surface area contributed by atoms with Crippen LogP contribution in [0.3, 0.4) is 0 Å². The lowest BCUT2D eigenvalue weighted by Crippen LogP contribution is -2.00. The van der Waals surface area contributed by atoms with E-state index in [2.05, 4.69) is 11.1 Å². The summed E-state index contributed by atoms with van der Waals surface area (Å²) in [5.41, 5.74) is 1.75. The van der Waals surface area contributed by atoms with E-state index in [-0.39, 0.29) is 17.9 Å². The lowest BCUT2D eigenvalue weighted by molar-refractivity contribution is -0.384. The number of rotatable bonds is 6. The first-order valence-electron chi connectivity index (χ1n) is 9.06. The number of fused-ring (bicyclic) bond motifs is 1. The summed E-state index contributed by atoms with van der Waals surface area (Å²) in [6.07, 6.45) is 1.64. The van der Waals surface area contributed by atoms with Crippen molar-refractivity contribution in [2.24, 2.45) is 0 Å². The van der Waals surface area contributed by atoms with Gasteiger partial charge in [0.15, 0.2) is 5.75 Å². The number of aromatic nitrogens is 1. The quantitative estimate of drug-likeness (QED) is 0.320. The van der Waals surface area contributed by atoms with E-state index in [0.29, 0.717) is 28.2 Å². The monoisotopic (exact) mass is 397 g/mol. The van der Waals surface area contributed by atoms with Gasteiger partial charge in [0.05, 0.1) is 10.4 Å². The van der Waals surface area contributed by atoms with Gasteiger partial charge in [0, 0.05) is 29.8 Å². The van der Waals surface area contributed by atoms with Gasteiger partial charge in [0.1, 0.15) is 29.7 Å². The summed E-state index contributed by atoms with van der Waals surface area (Å²) in [5.74, 6) is 1.01. The molecule has 0 saturated carbocycles. The molecule has 0 aliphatic rings. The first kappa shape index (κ1) is 18.9. The topological polar surface area (TPSA) is 98.3 Å². The van der Waals surface area contributed by atoms with Crippen LogP contribution in [0.1, 0.15) is 11.1 Å². The Labute approximate surface area is 171 Å². The van der Waals surface area contributed by atoms with Crippen molar-refractivity contribution >= 4 is 16.6 Å². The van der Waals surface area contributed by atoms with Crippen molar-refractivity contribution in [3.63, 3.8) is 0 Å². The highest BCUT2D eigenvalue weighted by Crippen LogP contribution is 2.39. The van der Waals surface area contributed by atoms with Crippen LogP contribution in [0.5, 0.6) is 17.2 Å². The van der Waals surface area contributed by atoms with Gasteiger partial charge in [-0.05, 0) is 29.8 Å². The molecule has 7 heteroatoms. The van der Waals surface area contributed by atoms with Crippen molar-refractivity contribution < 1.29 is 14.4 Å². The van der Waals surface area contributed by atoms with Crippen LogP contribution in [0.25, 0.3) is 10.9 Å². The third-order valence-corrected chi connectivity index (χ3v) is 4.44. The average molecular weight is 397 g/mol. The lowest BCUT2D eigenvalue weighted by atomic mass is 10.1. The molecule has 7 nitrogen and oxygen atoms in total. The summed E-state index contributed by atoms with van der Waals surface area (Å²) in [5, 5.41) is 21.3. The molecule has 1 heterocycles. The highest BCUT2D eigenvalue weighted by molar-refractivity contribution is 5.90. The molecular weight excluding hydrogens is 382 g/mol. The van der Waals surface area contributed by atoms with E-state index >= 15 is 0 Å². The first-order valence-corrected chi connectivity index (χ1v) is 9.06. The second kappa shape index (κ2) is 8.29. The Hall–Kier alpha value is -4.44. The Bertz CT molecular complexity index is 1250. The summed E-state index contributed by atoms with van der Waals surface area (Å²) < 4.78 is 11.9. The minimum Gasteiger partial charge on any atom is -0.487 e. The number of hydrogen-bond donors (Lipinski definition) is 0. The van der Waals surface area contributed by atoms with Gasteiger partial charge in [-0.25, -0.2) is 0 Å². The van der Waals surface area contributed by atoms with Crippen LogP contribution in [-0.4, -0.2) is 9.91 Å². The zero-order valence-electron chi connectivity index (χ0n) is 15.7. The van der Waals surface area contributed by atoms with Gasteiger partial charge < -0.3 is 9.47 Å². The van der Waals surface area contributed by atoms with Crippen LogP contribution in [0.2, 0.25) is 0 Å². The second-order valence-corrected chi connectivity index (χ2v) is 6.39. The van der Waals surface area contributed by atoms with Gasteiger partial charge in [-0.3, -0.25) is 15.1 Å². The van der Waals surface area contributed by atoms with E-state index in [1.165, 1.54) is 24.3 Å². The fourth-order valence-electron chi connectivity index (χ4n) is 2.98. The molecule has 0 atom stereocenters. The van der Waals surface area contributed by atoms with Crippen LogP contribution in [0.4, 0.5) is 5.69 Å². The fourth-order valence-corrected chi connectivity index (χ4v) is 2.98. The molecule has 0 saturated heterocycles.